The lowest BCUT2D eigenvalue weighted by Crippen LogP contribution is -2.37. The van der Waals surface area contributed by atoms with Gasteiger partial charge in [0.05, 0.1) is 6.10 Å². The average Bonchev–Trinajstić information content (AvgIpc) is 3.00. The van der Waals surface area contributed by atoms with E-state index in [1.807, 2.05) is 18.2 Å². The standard InChI is InChI=1S/C23H36Cl2OSi/c1-6-27(7-2,8-3)26-21(22-19(24)10-9-11-20(22)25)13-12-16-14-17-18(15-16)23(17,4)5/h9-11,16-18,21H,6-8,12-15H2,1-5H3/t16?,17-,18+,21?. The third-order valence-electron chi connectivity index (χ3n) is 7.95. The van der Waals surface area contributed by atoms with Crippen molar-refractivity contribution in [3.63, 3.8) is 0 Å². The number of hydrogen-bond acceptors (Lipinski definition) is 1. The molecule has 0 aliphatic heterocycles. The third kappa shape index (κ3) is 4.29. The Morgan fingerprint density at radius 3 is 2.04 bits per heavy atom. The summed E-state index contributed by atoms with van der Waals surface area (Å²) in [7, 11) is -1.73. The molecule has 4 heteroatoms. The van der Waals surface area contributed by atoms with Gasteiger partial charge in [0.2, 0.25) is 0 Å². The van der Waals surface area contributed by atoms with Crippen LogP contribution in [0.1, 0.15) is 72.0 Å². The van der Waals surface area contributed by atoms with Gasteiger partial charge < -0.3 is 4.43 Å². The Balaban J connectivity index is 1.74. The van der Waals surface area contributed by atoms with Gasteiger partial charge >= 0.3 is 0 Å². The van der Waals surface area contributed by atoms with Crippen molar-refractivity contribution in [3.8, 4) is 0 Å². The Labute approximate surface area is 177 Å². The Hall–Kier alpha value is -0.0231. The molecule has 0 saturated heterocycles. The summed E-state index contributed by atoms with van der Waals surface area (Å²) in [6, 6.07) is 9.31. The van der Waals surface area contributed by atoms with Crippen LogP contribution in [0.25, 0.3) is 0 Å². The second kappa shape index (κ2) is 8.38. The molecule has 0 heterocycles. The van der Waals surface area contributed by atoms with Crippen LogP contribution in [-0.4, -0.2) is 8.32 Å². The molecule has 2 saturated carbocycles. The monoisotopic (exact) mass is 426 g/mol. The highest BCUT2D eigenvalue weighted by Gasteiger charge is 2.61. The van der Waals surface area contributed by atoms with Crippen LogP contribution in [0.3, 0.4) is 0 Å². The largest absolute Gasteiger partial charge is 0.410 e. The van der Waals surface area contributed by atoms with Crippen molar-refractivity contribution in [1.82, 2.24) is 0 Å². The van der Waals surface area contributed by atoms with Crippen molar-refractivity contribution in [1.29, 1.82) is 0 Å². The molecule has 3 rings (SSSR count). The van der Waals surface area contributed by atoms with Crippen LogP contribution in [0.5, 0.6) is 0 Å². The molecule has 27 heavy (non-hydrogen) atoms. The topological polar surface area (TPSA) is 9.23 Å². The molecular weight excluding hydrogens is 391 g/mol. The Morgan fingerprint density at radius 1 is 1.04 bits per heavy atom. The molecule has 1 aromatic carbocycles. The molecule has 2 aliphatic carbocycles. The highest BCUT2D eigenvalue weighted by Crippen LogP contribution is 2.68. The number of halogens is 2. The number of benzene rings is 1. The summed E-state index contributed by atoms with van der Waals surface area (Å²) < 4.78 is 6.94. The van der Waals surface area contributed by atoms with Gasteiger partial charge in [0.25, 0.3) is 0 Å². The van der Waals surface area contributed by atoms with Gasteiger partial charge in [0.15, 0.2) is 8.32 Å². The summed E-state index contributed by atoms with van der Waals surface area (Å²) >= 11 is 13.2. The molecule has 2 unspecified atom stereocenters. The SMILES string of the molecule is CC[Si](CC)(CC)OC(CCC1C[C@@H]2[C@H](C1)C2(C)C)c1c(Cl)cccc1Cl. The zero-order chi connectivity index (χ0) is 19.8. The molecular formula is C23H36Cl2OSi. The summed E-state index contributed by atoms with van der Waals surface area (Å²) in [5.74, 6) is 2.77. The van der Waals surface area contributed by atoms with Crippen LogP contribution in [-0.2, 0) is 4.43 Å². The smallest absolute Gasteiger partial charge is 0.192 e. The zero-order valence-electron chi connectivity index (χ0n) is 17.7. The minimum Gasteiger partial charge on any atom is -0.410 e. The van der Waals surface area contributed by atoms with Crippen molar-refractivity contribution >= 4 is 31.5 Å². The highest BCUT2D eigenvalue weighted by atomic mass is 35.5. The maximum atomic E-state index is 6.94. The Morgan fingerprint density at radius 2 is 1.56 bits per heavy atom. The molecule has 2 fully saturated rings. The summed E-state index contributed by atoms with van der Waals surface area (Å²) in [5.41, 5.74) is 1.63. The number of fused-ring (bicyclic) bond motifs is 1. The van der Waals surface area contributed by atoms with Crippen molar-refractivity contribution in [2.45, 2.75) is 84.5 Å². The van der Waals surface area contributed by atoms with Gasteiger partial charge in [-0.1, -0.05) is 63.9 Å². The molecule has 0 radical (unpaired) electrons. The molecule has 152 valence electrons. The van der Waals surface area contributed by atoms with Crippen LogP contribution in [0.2, 0.25) is 28.2 Å². The molecule has 0 bridgehead atoms. The van der Waals surface area contributed by atoms with E-state index in [9.17, 15) is 0 Å². The Kier molecular flexibility index (Phi) is 6.73. The minimum absolute atomic E-state index is 0.0441. The summed E-state index contributed by atoms with van der Waals surface area (Å²) in [6.07, 6.45) is 5.12. The fourth-order valence-electron chi connectivity index (χ4n) is 5.61. The molecule has 1 aromatic rings. The van der Waals surface area contributed by atoms with Crippen LogP contribution in [0.15, 0.2) is 18.2 Å². The predicted octanol–water partition coefficient (Wildman–Crippen LogP) is 8.52. The second-order valence-electron chi connectivity index (χ2n) is 9.43. The fourth-order valence-corrected chi connectivity index (χ4v) is 9.09. The van der Waals surface area contributed by atoms with E-state index in [4.69, 9.17) is 27.6 Å². The summed E-state index contributed by atoms with van der Waals surface area (Å²) in [5, 5.41) is 1.52. The van der Waals surface area contributed by atoms with Crippen LogP contribution < -0.4 is 0 Å². The molecule has 0 aromatic heterocycles. The maximum absolute atomic E-state index is 6.94. The first-order valence-corrected chi connectivity index (χ1v) is 14.2. The first-order chi connectivity index (χ1) is 12.8. The van der Waals surface area contributed by atoms with E-state index in [0.717, 1.165) is 57.9 Å². The van der Waals surface area contributed by atoms with Gasteiger partial charge in [-0.2, -0.15) is 0 Å². The molecule has 2 aliphatic rings. The first kappa shape index (κ1) is 21.7. The van der Waals surface area contributed by atoms with Gasteiger partial charge in [-0.3, -0.25) is 0 Å². The highest BCUT2D eigenvalue weighted by molar-refractivity contribution is 6.73. The lowest BCUT2D eigenvalue weighted by atomic mass is 9.88. The van der Waals surface area contributed by atoms with Crippen molar-refractivity contribution in [2.24, 2.45) is 23.2 Å². The van der Waals surface area contributed by atoms with Gasteiger partial charge in [0.1, 0.15) is 0 Å². The molecule has 0 amide bonds. The van der Waals surface area contributed by atoms with Crippen molar-refractivity contribution in [2.75, 3.05) is 0 Å². The van der Waals surface area contributed by atoms with E-state index in [1.54, 1.807) is 0 Å². The number of hydrogen-bond donors (Lipinski definition) is 0. The molecule has 4 atom stereocenters. The maximum Gasteiger partial charge on any atom is 0.192 e. The van der Waals surface area contributed by atoms with Gasteiger partial charge in [-0.25, -0.2) is 0 Å². The lowest BCUT2D eigenvalue weighted by Gasteiger charge is -2.35. The van der Waals surface area contributed by atoms with E-state index in [1.165, 1.54) is 19.3 Å². The van der Waals surface area contributed by atoms with Gasteiger partial charge in [-0.05, 0) is 79.1 Å². The van der Waals surface area contributed by atoms with Crippen LogP contribution in [0, 0.1) is 23.2 Å². The number of rotatable bonds is 9. The fraction of sp³-hybridized carbons (Fsp3) is 0.739. The van der Waals surface area contributed by atoms with Crippen LogP contribution >= 0.6 is 23.2 Å². The van der Waals surface area contributed by atoms with Gasteiger partial charge in [-0.15, -0.1) is 0 Å². The van der Waals surface area contributed by atoms with E-state index < -0.39 is 8.32 Å². The first-order valence-electron chi connectivity index (χ1n) is 10.9. The van der Waals surface area contributed by atoms with E-state index in [0.29, 0.717) is 5.41 Å². The van der Waals surface area contributed by atoms with E-state index >= 15 is 0 Å². The second-order valence-corrected chi connectivity index (χ2v) is 15.0. The minimum atomic E-state index is -1.73. The molecule has 1 nitrogen and oxygen atoms in total. The third-order valence-corrected chi connectivity index (χ3v) is 13.3. The molecule has 0 spiro atoms. The quantitative estimate of drug-likeness (QED) is 0.359. The van der Waals surface area contributed by atoms with Gasteiger partial charge in [0, 0.05) is 15.6 Å². The Bertz CT molecular complexity index is 613. The average molecular weight is 428 g/mol. The zero-order valence-corrected chi connectivity index (χ0v) is 20.2. The molecule has 0 N–H and O–H groups in total. The van der Waals surface area contributed by atoms with Crippen molar-refractivity contribution < 1.29 is 4.43 Å². The van der Waals surface area contributed by atoms with Crippen molar-refractivity contribution in [3.05, 3.63) is 33.8 Å². The van der Waals surface area contributed by atoms with E-state index in [-0.39, 0.29) is 6.10 Å². The predicted molar refractivity (Wildman–Crippen MR) is 120 cm³/mol. The summed E-state index contributed by atoms with van der Waals surface area (Å²) in [6.45, 7) is 11.8. The lowest BCUT2D eigenvalue weighted by molar-refractivity contribution is 0.165. The van der Waals surface area contributed by atoms with Crippen LogP contribution in [0.4, 0.5) is 0 Å². The summed E-state index contributed by atoms with van der Waals surface area (Å²) in [4.78, 5) is 0. The normalized spacial score (nSPS) is 27.4. The van der Waals surface area contributed by atoms with E-state index in [2.05, 4.69) is 34.6 Å².